The maximum atomic E-state index is 11.7. The van der Waals surface area contributed by atoms with Gasteiger partial charge in [-0.25, -0.2) is 0 Å². The summed E-state index contributed by atoms with van der Waals surface area (Å²) < 4.78 is 6.21. The zero-order valence-electron chi connectivity index (χ0n) is 10.3. The van der Waals surface area contributed by atoms with E-state index in [1.165, 1.54) is 0 Å². The first-order valence-electron chi connectivity index (χ1n) is 5.70. The largest absolute Gasteiger partial charge is 0.491 e. The van der Waals surface area contributed by atoms with Crippen molar-refractivity contribution in [1.29, 1.82) is 0 Å². The molecular weight excluding hydrogens is 320 g/mol. The smallest absolute Gasteiger partial charge is 0.238 e. The molecule has 6 heteroatoms. The third kappa shape index (κ3) is 4.48. The molecule has 0 atom stereocenters. The van der Waals surface area contributed by atoms with Gasteiger partial charge in [0.1, 0.15) is 0 Å². The molecule has 0 heterocycles. The van der Waals surface area contributed by atoms with Crippen molar-refractivity contribution in [2.45, 2.75) is 13.8 Å². The van der Waals surface area contributed by atoms with Crippen LogP contribution in [0, 0.1) is 0 Å². The molecule has 1 aromatic rings. The number of anilines is 1. The number of carbonyl (C=O) groups is 1. The van der Waals surface area contributed by atoms with Gasteiger partial charge in [-0.3, -0.25) is 4.79 Å². The second kappa shape index (κ2) is 7.61. The van der Waals surface area contributed by atoms with Gasteiger partial charge in [-0.1, -0.05) is 18.5 Å². The molecule has 1 rings (SSSR count). The van der Waals surface area contributed by atoms with Crippen LogP contribution < -0.4 is 15.4 Å². The Balaban J connectivity index is 2.88. The molecule has 18 heavy (non-hydrogen) atoms. The van der Waals surface area contributed by atoms with E-state index in [-0.39, 0.29) is 12.5 Å². The maximum absolute atomic E-state index is 11.7. The molecule has 1 amide bonds. The van der Waals surface area contributed by atoms with E-state index in [1.54, 1.807) is 12.1 Å². The highest BCUT2D eigenvalue weighted by Gasteiger charge is 2.12. The van der Waals surface area contributed by atoms with Gasteiger partial charge < -0.3 is 15.4 Å². The van der Waals surface area contributed by atoms with E-state index < -0.39 is 0 Å². The predicted octanol–water partition coefficient (Wildman–Crippen LogP) is 3.05. The van der Waals surface area contributed by atoms with Crippen molar-refractivity contribution in [1.82, 2.24) is 5.32 Å². The minimum absolute atomic E-state index is 0.132. The molecule has 2 N–H and O–H groups in total. The van der Waals surface area contributed by atoms with Gasteiger partial charge in [-0.15, -0.1) is 0 Å². The first-order valence-corrected chi connectivity index (χ1v) is 6.88. The van der Waals surface area contributed by atoms with E-state index >= 15 is 0 Å². The van der Waals surface area contributed by atoms with Crippen LogP contribution in [0.25, 0.3) is 0 Å². The van der Waals surface area contributed by atoms with Crippen LogP contribution in [0.2, 0.25) is 5.02 Å². The number of carbonyl (C=O) groups excluding carboxylic acids is 1. The molecule has 1 aromatic carbocycles. The summed E-state index contributed by atoms with van der Waals surface area (Å²) in [6, 6.07) is 3.40. The van der Waals surface area contributed by atoms with E-state index in [9.17, 15) is 4.79 Å². The minimum atomic E-state index is -0.132. The Hall–Kier alpha value is -0.780. The fraction of sp³-hybridized carbons (Fsp3) is 0.417. The number of rotatable bonds is 6. The van der Waals surface area contributed by atoms with Crippen molar-refractivity contribution in [2.24, 2.45) is 0 Å². The molecule has 100 valence electrons. The van der Waals surface area contributed by atoms with Gasteiger partial charge in [-0.2, -0.15) is 0 Å². The predicted molar refractivity (Wildman–Crippen MR) is 77.5 cm³/mol. The number of likely N-dealkylation sites (N-methyl/N-ethyl adjacent to an activating group) is 1. The van der Waals surface area contributed by atoms with Crippen molar-refractivity contribution in [3.63, 3.8) is 0 Å². The lowest BCUT2D eigenvalue weighted by Gasteiger charge is -2.14. The van der Waals surface area contributed by atoms with E-state index in [2.05, 4.69) is 26.6 Å². The average molecular weight is 336 g/mol. The normalized spacial score (nSPS) is 10.2. The summed E-state index contributed by atoms with van der Waals surface area (Å²) in [7, 11) is 0. The van der Waals surface area contributed by atoms with Crippen LogP contribution in [0.1, 0.15) is 13.8 Å². The summed E-state index contributed by atoms with van der Waals surface area (Å²) in [5, 5.41) is 6.25. The Morgan fingerprint density at radius 3 is 2.78 bits per heavy atom. The van der Waals surface area contributed by atoms with E-state index in [1.807, 2.05) is 13.8 Å². The number of ether oxygens (including phenoxy) is 1. The zero-order chi connectivity index (χ0) is 13.5. The molecule has 0 saturated heterocycles. The summed E-state index contributed by atoms with van der Waals surface area (Å²) in [5.41, 5.74) is 0.569. The number of halogens is 2. The van der Waals surface area contributed by atoms with E-state index in [0.717, 1.165) is 11.0 Å². The van der Waals surface area contributed by atoms with Crippen LogP contribution in [-0.2, 0) is 4.79 Å². The Kier molecular flexibility index (Phi) is 6.46. The highest BCUT2D eigenvalue weighted by Crippen LogP contribution is 2.36. The molecule has 0 saturated carbocycles. The number of benzene rings is 1. The molecule has 0 bridgehead atoms. The topological polar surface area (TPSA) is 50.4 Å². The summed E-state index contributed by atoms with van der Waals surface area (Å²) in [4.78, 5) is 11.7. The lowest BCUT2D eigenvalue weighted by atomic mass is 10.3. The van der Waals surface area contributed by atoms with Gasteiger partial charge in [0, 0.05) is 5.02 Å². The molecule has 0 spiro atoms. The summed E-state index contributed by atoms with van der Waals surface area (Å²) in [6.07, 6.45) is 0. The minimum Gasteiger partial charge on any atom is -0.491 e. The van der Waals surface area contributed by atoms with Crippen molar-refractivity contribution in [2.75, 3.05) is 25.0 Å². The van der Waals surface area contributed by atoms with E-state index in [4.69, 9.17) is 16.3 Å². The van der Waals surface area contributed by atoms with Crippen LogP contribution >= 0.6 is 27.5 Å². The summed E-state index contributed by atoms with van der Waals surface area (Å²) in [6.45, 7) is 5.33. The highest BCUT2D eigenvalue weighted by atomic mass is 79.9. The molecule has 0 radical (unpaired) electrons. The first-order chi connectivity index (χ1) is 8.58. The lowest BCUT2D eigenvalue weighted by molar-refractivity contribution is -0.115. The molecule has 0 aliphatic carbocycles. The van der Waals surface area contributed by atoms with Crippen molar-refractivity contribution in [3.05, 3.63) is 21.6 Å². The van der Waals surface area contributed by atoms with Crippen molar-refractivity contribution < 1.29 is 9.53 Å². The number of nitrogens with one attached hydrogen (secondary N) is 2. The molecule has 0 aliphatic rings. The lowest BCUT2D eigenvalue weighted by Crippen LogP contribution is -2.28. The second-order valence-corrected chi connectivity index (χ2v) is 4.82. The number of hydrogen-bond acceptors (Lipinski definition) is 3. The Morgan fingerprint density at radius 2 is 2.17 bits per heavy atom. The quantitative estimate of drug-likeness (QED) is 0.840. The third-order valence-electron chi connectivity index (χ3n) is 2.11. The molecule has 0 aromatic heterocycles. The number of amides is 1. The molecule has 0 unspecified atom stereocenters. The Labute approximate surface area is 120 Å². The summed E-state index contributed by atoms with van der Waals surface area (Å²) >= 11 is 9.32. The van der Waals surface area contributed by atoms with Crippen LogP contribution in [0.3, 0.4) is 0 Å². The fourth-order valence-electron chi connectivity index (χ4n) is 1.38. The average Bonchev–Trinajstić information content (AvgIpc) is 2.31. The summed E-state index contributed by atoms with van der Waals surface area (Å²) in [5.74, 6) is 0.457. The van der Waals surface area contributed by atoms with Gasteiger partial charge in [0.25, 0.3) is 0 Å². The zero-order valence-corrected chi connectivity index (χ0v) is 12.7. The van der Waals surface area contributed by atoms with Crippen molar-refractivity contribution >= 4 is 39.1 Å². The molecule has 0 fully saturated rings. The maximum Gasteiger partial charge on any atom is 0.238 e. The fourth-order valence-corrected chi connectivity index (χ4v) is 2.30. The highest BCUT2D eigenvalue weighted by molar-refractivity contribution is 9.10. The van der Waals surface area contributed by atoms with Gasteiger partial charge in [0.05, 0.1) is 23.3 Å². The molecule has 4 nitrogen and oxygen atoms in total. The van der Waals surface area contributed by atoms with Crippen LogP contribution in [0.5, 0.6) is 5.75 Å². The number of hydrogen-bond donors (Lipinski definition) is 2. The monoisotopic (exact) mass is 334 g/mol. The van der Waals surface area contributed by atoms with Crippen LogP contribution in [-0.4, -0.2) is 25.6 Å². The van der Waals surface area contributed by atoms with Gasteiger partial charge in [-0.05, 0) is 41.5 Å². The molecule has 0 aliphatic heterocycles. The van der Waals surface area contributed by atoms with Gasteiger partial charge in [0.2, 0.25) is 5.91 Å². The molecular formula is C12H16BrClN2O2. The Bertz CT molecular complexity index is 427. The van der Waals surface area contributed by atoms with Gasteiger partial charge >= 0.3 is 0 Å². The second-order valence-electron chi connectivity index (χ2n) is 3.53. The van der Waals surface area contributed by atoms with E-state index in [0.29, 0.717) is 23.1 Å². The van der Waals surface area contributed by atoms with Crippen LogP contribution in [0.4, 0.5) is 5.69 Å². The van der Waals surface area contributed by atoms with Crippen molar-refractivity contribution in [3.8, 4) is 5.75 Å². The standard InChI is InChI=1S/C12H16BrClN2O2/c1-3-15-7-11(17)16-10-6-8(14)5-9(13)12(10)18-4-2/h5-6,15H,3-4,7H2,1-2H3,(H,16,17). The third-order valence-corrected chi connectivity index (χ3v) is 2.91. The van der Waals surface area contributed by atoms with Crippen LogP contribution in [0.15, 0.2) is 16.6 Å². The van der Waals surface area contributed by atoms with Gasteiger partial charge in [0.15, 0.2) is 5.75 Å². The first kappa shape index (κ1) is 15.3. The SMILES string of the molecule is CCNCC(=O)Nc1cc(Cl)cc(Br)c1OCC. The Morgan fingerprint density at radius 1 is 1.44 bits per heavy atom.